The fourth-order valence-electron chi connectivity index (χ4n) is 10.9. The van der Waals surface area contributed by atoms with Gasteiger partial charge in [0, 0.05) is 145 Å². The summed E-state index contributed by atoms with van der Waals surface area (Å²) in [5, 5.41) is 0. The smallest absolute Gasteiger partial charge is 0.302 e. The molecule has 0 bridgehead atoms. The number of hydrogen-bond acceptors (Lipinski definition) is 56. The summed E-state index contributed by atoms with van der Waals surface area (Å²) in [6.07, 6.45) is -45.0. The van der Waals surface area contributed by atoms with Crippen LogP contribution in [0.2, 0.25) is 0 Å². The zero-order valence-corrected chi connectivity index (χ0v) is 81.3. The molecule has 1 aliphatic heterocycles. The predicted molar refractivity (Wildman–Crippen MR) is 444 cm³/mol. The quantitative estimate of drug-likeness (QED) is 0.0496. The van der Waals surface area contributed by atoms with Crippen LogP contribution in [0.3, 0.4) is 0 Å². The molecule has 0 aromatic heterocycles. The summed E-state index contributed by atoms with van der Waals surface area (Å²) in [6.45, 7) is -4.39. The third kappa shape index (κ3) is 63.1. The summed E-state index contributed by atoms with van der Waals surface area (Å²) < 4.78 is 205. The molecule has 0 amide bonds. The fourth-order valence-corrected chi connectivity index (χ4v) is 10.9. The molecule has 1 aliphatic rings. The lowest BCUT2D eigenvalue weighted by atomic mass is 10.2. The Morgan fingerprint density at radius 3 is 0.207 bits per heavy atom. The Kier molecular flexibility index (Phi) is 63.2. The summed E-state index contributed by atoms with van der Waals surface area (Å²) in [7, 11) is 0. The van der Waals surface area contributed by atoms with E-state index in [2.05, 4.69) is 0 Å². The average molecular weight is 2030 g/mol. The van der Waals surface area contributed by atoms with Crippen LogP contribution in [0.15, 0.2) is 0 Å². The van der Waals surface area contributed by atoms with Gasteiger partial charge in [0.2, 0.25) is 0 Å². The molecule has 56 heteroatoms. The van der Waals surface area contributed by atoms with E-state index in [1.165, 1.54) is 0 Å². The van der Waals surface area contributed by atoms with Crippen LogP contribution in [-0.2, 0) is 266 Å². The minimum atomic E-state index is -2.26. The van der Waals surface area contributed by atoms with Crippen molar-refractivity contribution in [1.82, 2.24) is 0 Å². The standard InChI is InChI=1S/C84H126O56/c1-43(85)106-22-64-65(23-107-44(2)86)128-79(37-121-58(16)100)130-68(26-110-47(5)89)69(27-111-48(6)90)132-81(39-123-60(18)102)134-72(30-114-51(9)93)73(31-115-52(10)94)136-83(41-125-62(20)104)138-76(34-118-55(13)97)77(35-119-56(14)98)140-84(42-126-63(21)105)139-75(33-117-54(12)96)74(32-116-53(11)95)137-82(40-124-61(19)103)135-71(29-113-50(8)92)70(28-112-49(7)91)133-80(38-122-59(17)101)131-67(25-109-46(4)88)66(24-108-45(3)87)129-78(127-64)36-120-57(15)99/h64-84H,22-42H2,1-21H3. The van der Waals surface area contributed by atoms with E-state index in [0.29, 0.717) is 0 Å². The van der Waals surface area contributed by atoms with Gasteiger partial charge in [0.15, 0.2) is 44.0 Å². The third-order valence-electron chi connectivity index (χ3n) is 16.7. The fraction of sp³-hybridized carbons (Fsp3) is 0.750. The second kappa shape index (κ2) is 70.0. The Morgan fingerprint density at radius 2 is 0.157 bits per heavy atom. The molecule has 0 aromatic carbocycles. The molecular formula is C84H126O56. The summed E-state index contributed by atoms with van der Waals surface area (Å²) in [5.41, 5.74) is 0. The van der Waals surface area contributed by atoms with Crippen molar-refractivity contribution in [2.24, 2.45) is 0 Å². The summed E-state index contributed by atoms with van der Waals surface area (Å²) in [5.74, 6) is -23.1. The number of carbonyl (C=O) groups excluding carboxylic acids is 21. The van der Waals surface area contributed by atoms with Gasteiger partial charge in [0.05, 0.1) is 0 Å². The molecule has 0 aromatic rings. The molecule has 798 valence electrons. The second-order valence-electron chi connectivity index (χ2n) is 29.3. The Labute approximate surface area is 802 Å². The largest absolute Gasteiger partial charge is 0.463 e. The summed E-state index contributed by atoms with van der Waals surface area (Å²) in [6, 6.07) is 0. The maximum absolute atomic E-state index is 13.1. The van der Waals surface area contributed by atoms with E-state index in [0.717, 1.165) is 145 Å². The highest BCUT2D eigenvalue weighted by atomic mass is 16.8. The molecular weight excluding hydrogens is 1900 g/mol. The van der Waals surface area contributed by atoms with Crippen LogP contribution >= 0.6 is 0 Å². The van der Waals surface area contributed by atoms with Crippen LogP contribution in [0.4, 0.5) is 0 Å². The molecule has 0 aliphatic carbocycles. The average Bonchev–Trinajstić information content (AvgIpc) is 0.849. The van der Waals surface area contributed by atoms with Gasteiger partial charge in [-0.3, -0.25) is 101 Å². The van der Waals surface area contributed by atoms with E-state index in [1.54, 1.807) is 0 Å². The summed E-state index contributed by atoms with van der Waals surface area (Å²) >= 11 is 0. The Hall–Kier alpha value is -11.7. The first-order valence-electron chi connectivity index (χ1n) is 42.6. The molecule has 56 nitrogen and oxygen atoms in total. The molecule has 1 heterocycles. The Bertz CT molecular complexity index is 3070. The van der Waals surface area contributed by atoms with Gasteiger partial charge in [-0.2, -0.15) is 0 Å². The Morgan fingerprint density at radius 1 is 0.107 bits per heavy atom. The van der Waals surface area contributed by atoms with Crippen molar-refractivity contribution < 1.29 is 266 Å². The van der Waals surface area contributed by atoms with Crippen molar-refractivity contribution in [3.8, 4) is 0 Å². The Balaban J connectivity index is 5.73. The van der Waals surface area contributed by atoms with E-state index < -0.39 is 394 Å². The third-order valence-corrected chi connectivity index (χ3v) is 16.7. The molecule has 0 spiro atoms. The van der Waals surface area contributed by atoms with Crippen molar-refractivity contribution in [1.29, 1.82) is 0 Å². The van der Waals surface area contributed by atoms with Crippen molar-refractivity contribution in [3.63, 3.8) is 0 Å². The molecule has 1 rings (SSSR count). The van der Waals surface area contributed by atoms with Gasteiger partial charge >= 0.3 is 125 Å². The van der Waals surface area contributed by atoms with Gasteiger partial charge in [0.1, 0.15) is 224 Å². The normalized spacial score (nSPS) is 25.1. The van der Waals surface area contributed by atoms with E-state index in [9.17, 15) is 101 Å². The molecule has 0 saturated carbocycles. The first kappa shape index (κ1) is 126. The van der Waals surface area contributed by atoms with Gasteiger partial charge in [-0.25, -0.2) is 0 Å². The van der Waals surface area contributed by atoms with Gasteiger partial charge in [0.25, 0.3) is 0 Å². The maximum Gasteiger partial charge on any atom is 0.302 e. The van der Waals surface area contributed by atoms with Gasteiger partial charge in [-0.1, -0.05) is 0 Å². The highest BCUT2D eigenvalue weighted by molar-refractivity contribution is 5.72. The lowest BCUT2D eigenvalue weighted by molar-refractivity contribution is -0.311. The zero-order valence-electron chi connectivity index (χ0n) is 81.3. The van der Waals surface area contributed by atoms with Crippen LogP contribution < -0.4 is 0 Å². The van der Waals surface area contributed by atoms with Gasteiger partial charge in [-0.15, -0.1) is 0 Å². The molecule has 1 saturated heterocycles. The van der Waals surface area contributed by atoms with Crippen molar-refractivity contribution >= 4 is 125 Å². The lowest BCUT2D eigenvalue weighted by Gasteiger charge is -2.37. The molecule has 0 N–H and O–H groups in total. The molecule has 14 unspecified atom stereocenters. The van der Waals surface area contributed by atoms with E-state index >= 15 is 0 Å². The van der Waals surface area contributed by atoms with Gasteiger partial charge in [-0.05, 0) is 0 Å². The number of carbonyl (C=O) groups is 21. The zero-order chi connectivity index (χ0) is 106. The molecule has 0 radical (unpaired) electrons. The van der Waals surface area contributed by atoms with Gasteiger partial charge < -0.3 is 166 Å². The van der Waals surface area contributed by atoms with Crippen LogP contribution in [0, 0.1) is 0 Å². The van der Waals surface area contributed by atoms with Crippen LogP contribution in [0.1, 0.15) is 145 Å². The molecule has 140 heavy (non-hydrogen) atoms. The van der Waals surface area contributed by atoms with Crippen molar-refractivity contribution in [3.05, 3.63) is 0 Å². The number of ether oxygens (including phenoxy) is 35. The van der Waals surface area contributed by atoms with E-state index in [1.807, 2.05) is 0 Å². The lowest BCUT2D eigenvalue weighted by Crippen LogP contribution is -2.52. The first-order valence-corrected chi connectivity index (χ1v) is 42.6. The van der Waals surface area contributed by atoms with Crippen molar-refractivity contribution in [2.45, 2.75) is 275 Å². The SMILES string of the molecule is CC(=O)OCC1OC(COC(C)=O)C(COC(C)=O)OC(COC(C)=O)OC(COC(C)=O)C(COC(C)=O)OC(COC(C)=O)OC(COC(C)=O)C(COC(C)=O)OC(COC(C)=O)OC(COC(C)=O)C(COC(C)=O)OC(COC(C)=O)OC(COC(C)=O)C(COC(C)=O)OC(COC(C)=O)OC(COC(C)=O)C(COC(C)=O)OC(COC(C)=O)OC(COC(C)=O)C(COC(C)=O)O1. The first-order chi connectivity index (χ1) is 65.7. The molecule has 14 atom stereocenters. The number of hydrogen-bond donors (Lipinski definition) is 0. The van der Waals surface area contributed by atoms with Crippen LogP contribution in [-0.4, -0.2) is 394 Å². The maximum atomic E-state index is 13.1. The number of esters is 21. The van der Waals surface area contributed by atoms with Crippen LogP contribution in [0.25, 0.3) is 0 Å². The van der Waals surface area contributed by atoms with Crippen molar-refractivity contribution in [2.75, 3.05) is 139 Å². The minimum absolute atomic E-state index is 0.887. The predicted octanol–water partition coefficient (Wildman–Crippen LogP) is -1.50. The highest BCUT2D eigenvalue weighted by Gasteiger charge is 2.45. The highest BCUT2D eigenvalue weighted by Crippen LogP contribution is 2.28. The summed E-state index contributed by atoms with van der Waals surface area (Å²) in [4.78, 5) is 274. The second-order valence-corrected chi connectivity index (χ2v) is 29.3. The van der Waals surface area contributed by atoms with E-state index in [-0.39, 0.29) is 0 Å². The minimum Gasteiger partial charge on any atom is -0.463 e. The monoisotopic (exact) mass is 2030 g/mol. The molecule has 1 fully saturated rings. The topological polar surface area (TPSA) is 682 Å². The number of rotatable bonds is 42. The van der Waals surface area contributed by atoms with Crippen LogP contribution in [0.5, 0.6) is 0 Å². The van der Waals surface area contributed by atoms with E-state index in [4.69, 9.17) is 166 Å².